The van der Waals surface area contributed by atoms with E-state index in [9.17, 15) is 9.59 Å². The van der Waals surface area contributed by atoms with Gasteiger partial charge < -0.3 is 15.7 Å². The van der Waals surface area contributed by atoms with Crippen LogP contribution in [0.5, 0.6) is 0 Å². The lowest BCUT2D eigenvalue weighted by molar-refractivity contribution is -0.145. The highest BCUT2D eigenvalue weighted by atomic mass is 16.4. The van der Waals surface area contributed by atoms with Crippen molar-refractivity contribution in [2.24, 2.45) is 11.7 Å². The van der Waals surface area contributed by atoms with E-state index in [1.54, 1.807) is 4.90 Å². The molecule has 0 aliphatic carbocycles. The van der Waals surface area contributed by atoms with Crippen molar-refractivity contribution in [2.75, 3.05) is 19.6 Å². The first-order valence-corrected chi connectivity index (χ1v) is 4.35. The standard InChI is InChI=1S/C8H14N2O3/c9-5-7(11)10-3-1-6(2-4-10)8(12)13/h6H,1-5,9H2,(H,12,13). The Hall–Kier alpha value is -1.10. The van der Waals surface area contributed by atoms with E-state index in [0.717, 1.165) is 0 Å². The second-order valence-corrected chi connectivity index (χ2v) is 3.20. The Morgan fingerprint density at radius 3 is 2.31 bits per heavy atom. The number of carboxylic acid groups (broad SMARTS) is 1. The number of carbonyl (C=O) groups excluding carboxylic acids is 1. The molecule has 1 amide bonds. The van der Waals surface area contributed by atoms with E-state index in [2.05, 4.69) is 0 Å². The summed E-state index contributed by atoms with van der Waals surface area (Å²) in [6.45, 7) is 1.05. The van der Waals surface area contributed by atoms with Crippen LogP contribution in [0.1, 0.15) is 12.8 Å². The van der Waals surface area contributed by atoms with Crippen molar-refractivity contribution in [3.8, 4) is 0 Å². The summed E-state index contributed by atoms with van der Waals surface area (Å²) >= 11 is 0. The average Bonchev–Trinajstić information content (AvgIpc) is 2.17. The number of hydrogen-bond donors (Lipinski definition) is 2. The second-order valence-electron chi connectivity index (χ2n) is 3.20. The van der Waals surface area contributed by atoms with Crippen LogP contribution in [0, 0.1) is 5.92 Å². The molecule has 0 aromatic carbocycles. The molecular formula is C8H14N2O3. The molecule has 0 atom stereocenters. The maximum absolute atomic E-state index is 11.1. The van der Waals surface area contributed by atoms with Crippen molar-refractivity contribution in [3.05, 3.63) is 0 Å². The molecule has 0 aromatic rings. The molecule has 74 valence electrons. The highest BCUT2D eigenvalue weighted by Gasteiger charge is 2.25. The lowest BCUT2D eigenvalue weighted by Crippen LogP contribution is -2.42. The van der Waals surface area contributed by atoms with Gasteiger partial charge in [-0.1, -0.05) is 0 Å². The Balaban J connectivity index is 2.39. The van der Waals surface area contributed by atoms with Crippen molar-refractivity contribution in [1.82, 2.24) is 4.90 Å². The Bertz CT molecular complexity index is 209. The van der Waals surface area contributed by atoms with Crippen molar-refractivity contribution >= 4 is 11.9 Å². The molecule has 13 heavy (non-hydrogen) atoms. The number of aliphatic carboxylic acids is 1. The van der Waals surface area contributed by atoms with E-state index >= 15 is 0 Å². The molecule has 5 heteroatoms. The summed E-state index contributed by atoms with van der Waals surface area (Å²) in [5.74, 6) is -1.15. The SMILES string of the molecule is NCC(=O)N1CCC(C(=O)O)CC1. The van der Waals surface area contributed by atoms with Gasteiger partial charge in [0.15, 0.2) is 0 Å². The van der Waals surface area contributed by atoms with Crippen molar-refractivity contribution in [1.29, 1.82) is 0 Å². The van der Waals surface area contributed by atoms with Gasteiger partial charge in [-0.2, -0.15) is 0 Å². The van der Waals surface area contributed by atoms with Crippen LogP contribution in [0.3, 0.4) is 0 Å². The monoisotopic (exact) mass is 186 g/mol. The topological polar surface area (TPSA) is 83.6 Å². The summed E-state index contributed by atoms with van der Waals surface area (Å²) in [4.78, 5) is 23.3. The maximum atomic E-state index is 11.1. The minimum Gasteiger partial charge on any atom is -0.481 e. The van der Waals surface area contributed by atoms with Gasteiger partial charge in [0.1, 0.15) is 0 Å². The zero-order chi connectivity index (χ0) is 9.84. The van der Waals surface area contributed by atoms with Crippen molar-refractivity contribution in [3.63, 3.8) is 0 Å². The van der Waals surface area contributed by atoms with E-state index in [-0.39, 0.29) is 18.4 Å². The van der Waals surface area contributed by atoms with Crippen LogP contribution in [-0.4, -0.2) is 41.5 Å². The van der Waals surface area contributed by atoms with Gasteiger partial charge in [-0.25, -0.2) is 0 Å². The zero-order valence-electron chi connectivity index (χ0n) is 7.40. The molecule has 1 rings (SSSR count). The molecule has 0 spiro atoms. The number of amides is 1. The van der Waals surface area contributed by atoms with E-state index in [1.165, 1.54) is 0 Å². The highest BCUT2D eigenvalue weighted by molar-refractivity contribution is 5.78. The summed E-state index contributed by atoms with van der Waals surface area (Å²) in [5, 5.41) is 8.69. The summed E-state index contributed by atoms with van der Waals surface area (Å²) in [5.41, 5.74) is 5.19. The normalized spacial score (nSPS) is 18.7. The highest BCUT2D eigenvalue weighted by Crippen LogP contribution is 2.16. The fourth-order valence-corrected chi connectivity index (χ4v) is 1.50. The number of carboxylic acids is 1. The Morgan fingerprint density at radius 1 is 1.38 bits per heavy atom. The summed E-state index contributed by atoms with van der Waals surface area (Å²) < 4.78 is 0. The Labute approximate surface area is 76.5 Å². The van der Waals surface area contributed by atoms with Crippen LogP contribution in [0.2, 0.25) is 0 Å². The van der Waals surface area contributed by atoms with Gasteiger partial charge >= 0.3 is 5.97 Å². The first-order chi connectivity index (χ1) is 6.15. The van der Waals surface area contributed by atoms with Gasteiger partial charge in [0.05, 0.1) is 12.5 Å². The van der Waals surface area contributed by atoms with E-state index in [1.807, 2.05) is 0 Å². The molecule has 0 unspecified atom stereocenters. The average molecular weight is 186 g/mol. The van der Waals surface area contributed by atoms with Crippen LogP contribution < -0.4 is 5.73 Å². The number of hydrogen-bond acceptors (Lipinski definition) is 3. The number of rotatable bonds is 2. The molecule has 1 aliphatic rings. The van der Waals surface area contributed by atoms with Crippen LogP contribution >= 0.6 is 0 Å². The first-order valence-electron chi connectivity index (χ1n) is 4.35. The van der Waals surface area contributed by atoms with Gasteiger partial charge in [-0.05, 0) is 12.8 Å². The number of carbonyl (C=O) groups is 2. The van der Waals surface area contributed by atoms with Crippen LogP contribution in [0.15, 0.2) is 0 Å². The maximum Gasteiger partial charge on any atom is 0.306 e. The van der Waals surface area contributed by atoms with Gasteiger partial charge in [0.2, 0.25) is 5.91 Å². The molecule has 0 saturated carbocycles. The second kappa shape index (κ2) is 4.23. The molecule has 3 N–H and O–H groups in total. The third-order valence-electron chi connectivity index (χ3n) is 2.37. The van der Waals surface area contributed by atoms with Gasteiger partial charge in [-0.15, -0.1) is 0 Å². The molecule has 0 bridgehead atoms. The zero-order valence-corrected chi connectivity index (χ0v) is 7.40. The van der Waals surface area contributed by atoms with Crippen LogP contribution in [-0.2, 0) is 9.59 Å². The number of nitrogens with two attached hydrogens (primary N) is 1. The molecule has 0 radical (unpaired) electrons. The van der Waals surface area contributed by atoms with E-state index < -0.39 is 5.97 Å². The molecule has 1 fully saturated rings. The van der Waals surface area contributed by atoms with Crippen molar-refractivity contribution in [2.45, 2.75) is 12.8 Å². The fourth-order valence-electron chi connectivity index (χ4n) is 1.50. The molecule has 0 aromatic heterocycles. The molecule has 1 heterocycles. The minimum absolute atomic E-state index is 0.0116. The van der Waals surface area contributed by atoms with Crippen LogP contribution in [0.25, 0.3) is 0 Å². The lowest BCUT2D eigenvalue weighted by atomic mass is 9.97. The number of piperidine rings is 1. The largest absolute Gasteiger partial charge is 0.481 e. The molecule has 5 nitrogen and oxygen atoms in total. The van der Waals surface area contributed by atoms with Gasteiger partial charge in [0, 0.05) is 13.1 Å². The third-order valence-corrected chi connectivity index (χ3v) is 2.37. The first kappa shape index (κ1) is 9.98. The summed E-state index contributed by atoms with van der Waals surface area (Å²) in [6, 6.07) is 0. The summed E-state index contributed by atoms with van der Waals surface area (Å²) in [7, 11) is 0. The van der Waals surface area contributed by atoms with Gasteiger partial charge in [0.25, 0.3) is 0 Å². The van der Waals surface area contributed by atoms with Gasteiger partial charge in [-0.3, -0.25) is 9.59 Å². The molecular weight excluding hydrogens is 172 g/mol. The molecule has 1 aliphatic heterocycles. The Kier molecular flexibility index (Phi) is 3.25. The minimum atomic E-state index is -0.764. The Morgan fingerprint density at radius 2 is 1.92 bits per heavy atom. The van der Waals surface area contributed by atoms with E-state index in [0.29, 0.717) is 25.9 Å². The smallest absolute Gasteiger partial charge is 0.306 e. The van der Waals surface area contributed by atoms with Crippen molar-refractivity contribution < 1.29 is 14.7 Å². The number of likely N-dealkylation sites (tertiary alicyclic amines) is 1. The predicted molar refractivity (Wildman–Crippen MR) is 46.0 cm³/mol. The summed E-state index contributed by atoms with van der Waals surface area (Å²) in [6.07, 6.45) is 1.09. The van der Waals surface area contributed by atoms with Crippen LogP contribution in [0.4, 0.5) is 0 Å². The number of nitrogens with zero attached hydrogens (tertiary/aromatic N) is 1. The lowest BCUT2D eigenvalue weighted by Gasteiger charge is -2.29. The predicted octanol–water partition coefficient (Wildman–Crippen LogP) is -0.732. The third kappa shape index (κ3) is 2.42. The molecule has 1 saturated heterocycles. The fraction of sp³-hybridized carbons (Fsp3) is 0.750. The van der Waals surface area contributed by atoms with E-state index in [4.69, 9.17) is 10.8 Å². The quantitative estimate of drug-likeness (QED) is 0.595.